The summed E-state index contributed by atoms with van der Waals surface area (Å²) in [5, 5.41) is 12.8. The molecule has 0 radical (unpaired) electrons. The number of nitrogens with one attached hydrogen (secondary N) is 1. The van der Waals surface area contributed by atoms with Gasteiger partial charge in [0.25, 0.3) is 0 Å². The molecule has 0 aromatic carbocycles. The first-order chi connectivity index (χ1) is 10.1. The summed E-state index contributed by atoms with van der Waals surface area (Å²) >= 11 is 0. The van der Waals surface area contributed by atoms with Crippen molar-refractivity contribution in [3.8, 4) is 0 Å². The second-order valence-corrected chi connectivity index (χ2v) is 6.41. The predicted molar refractivity (Wildman–Crippen MR) is 80.6 cm³/mol. The van der Waals surface area contributed by atoms with Gasteiger partial charge in [-0.3, -0.25) is 9.59 Å². The Labute approximate surface area is 127 Å². The zero-order chi connectivity index (χ0) is 15.2. The molecule has 5 nitrogen and oxygen atoms in total. The second kappa shape index (κ2) is 7.78. The highest BCUT2D eigenvalue weighted by atomic mass is 16.3. The fourth-order valence-corrected chi connectivity index (χ4v) is 3.39. The lowest BCUT2D eigenvalue weighted by molar-refractivity contribution is -0.135. The Hall–Kier alpha value is -1.10. The Morgan fingerprint density at radius 1 is 1.19 bits per heavy atom. The molecule has 2 rings (SSSR count). The number of amides is 2. The van der Waals surface area contributed by atoms with Crippen molar-refractivity contribution in [1.29, 1.82) is 0 Å². The summed E-state index contributed by atoms with van der Waals surface area (Å²) in [5.41, 5.74) is 0. The average molecular weight is 296 g/mol. The highest BCUT2D eigenvalue weighted by Crippen LogP contribution is 2.25. The number of piperidine rings is 1. The SMILES string of the molecule is CCCC(=O)N1CCC(C(=O)NCC2CCCC2O)CC1. The van der Waals surface area contributed by atoms with E-state index in [0.29, 0.717) is 26.1 Å². The highest BCUT2D eigenvalue weighted by molar-refractivity contribution is 5.80. The van der Waals surface area contributed by atoms with Crippen molar-refractivity contribution in [2.24, 2.45) is 11.8 Å². The van der Waals surface area contributed by atoms with Crippen LogP contribution in [-0.4, -0.2) is 47.6 Å². The lowest BCUT2D eigenvalue weighted by atomic mass is 9.95. The van der Waals surface area contributed by atoms with Gasteiger partial charge in [-0.1, -0.05) is 13.3 Å². The van der Waals surface area contributed by atoms with Crippen LogP contribution in [0.5, 0.6) is 0 Å². The number of carbonyl (C=O) groups is 2. The van der Waals surface area contributed by atoms with E-state index in [2.05, 4.69) is 5.32 Å². The van der Waals surface area contributed by atoms with E-state index in [1.807, 2.05) is 11.8 Å². The Morgan fingerprint density at radius 2 is 1.90 bits per heavy atom. The molecule has 0 spiro atoms. The van der Waals surface area contributed by atoms with Crippen LogP contribution in [-0.2, 0) is 9.59 Å². The van der Waals surface area contributed by atoms with Crippen molar-refractivity contribution in [2.75, 3.05) is 19.6 Å². The van der Waals surface area contributed by atoms with Crippen LogP contribution in [0.15, 0.2) is 0 Å². The van der Waals surface area contributed by atoms with Crippen LogP contribution >= 0.6 is 0 Å². The normalized spacial score (nSPS) is 26.9. The molecule has 0 bridgehead atoms. The van der Waals surface area contributed by atoms with Crippen molar-refractivity contribution in [3.63, 3.8) is 0 Å². The molecule has 1 aliphatic carbocycles. The van der Waals surface area contributed by atoms with Gasteiger partial charge in [-0.2, -0.15) is 0 Å². The van der Waals surface area contributed by atoms with Gasteiger partial charge in [0, 0.05) is 37.9 Å². The Balaban J connectivity index is 1.69. The molecule has 2 atom stereocenters. The van der Waals surface area contributed by atoms with E-state index in [1.54, 1.807) is 0 Å². The number of aliphatic hydroxyl groups excluding tert-OH is 1. The van der Waals surface area contributed by atoms with Crippen molar-refractivity contribution in [2.45, 2.75) is 58.0 Å². The summed E-state index contributed by atoms with van der Waals surface area (Å²) in [6.45, 7) is 4.00. The first kappa shape index (κ1) is 16.3. The molecular formula is C16H28N2O3. The number of likely N-dealkylation sites (tertiary alicyclic amines) is 1. The Bertz CT molecular complexity index is 365. The molecule has 2 amide bonds. The van der Waals surface area contributed by atoms with Gasteiger partial charge in [-0.25, -0.2) is 0 Å². The van der Waals surface area contributed by atoms with E-state index in [0.717, 1.165) is 38.5 Å². The van der Waals surface area contributed by atoms with Crippen LogP contribution in [0.25, 0.3) is 0 Å². The molecule has 1 saturated carbocycles. The molecule has 1 aliphatic heterocycles. The highest BCUT2D eigenvalue weighted by Gasteiger charge is 2.29. The van der Waals surface area contributed by atoms with Gasteiger partial charge in [0.1, 0.15) is 0 Å². The maximum atomic E-state index is 12.2. The Morgan fingerprint density at radius 3 is 2.48 bits per heavy atom. The third-order valence-electron chi connectivity index (χ3n) is 4.84. The molecular weight excluding hydrogens is 268 g/mol. The van der Waals surface area contributed by atoms with Crippen molar-refractivity contribution in [1.82, 2.24) is 10.2 Å². The largest absolute Gasteiger partial charge is 0.393 e. The van der Waals surface area contributed by atoms with Gasteiger partial charge >= 0.3 is 0 Å². The van der Waals surface area contributed by atoms with E-state index in [-0.39, 0.29) is 29.8 Å². The van der Waals surface area contributed by atoms with Crippen LogP contribution in [0.1, 0.15) is 51.9 Å². The van der Waals surface area contributed by atoms with E-state index < -0.39 is 0 Å². The van der Waals surface area contributed by atoms with Crippen LogP contribution in [0, 0.1) is 11.8 Å². The molecule has 1 heterocycles. The Kier molecular flexibility index (Phi) is 6.03. The van der Waals surface area contributed by atoms with Crippen LogP contribution < -0.4 is 5.32 Å². The van der Waals surface area contributed by atoms with Crippen molar-refractivity contribution in [3.05, 3.63) is 0 Å². The monoisotopic (exact) mass is 296 g/mol. The molecule has 0 aromatic rings. The molecule has 0 aromatic heterocycles. The molecule has 1 saturated heterocycles. The summed E-state index contributed by atoms with van der Waals surface area (Å²) in [4.78, 5) is 25.9. The molecule has 21 heavy (non-hydrogen) atoms. The van der Waals surface area contributed by atoms with Gasteiger partial charge in [-0.15, -0.1) is 0 Å². The molecule has 2 unspecified atom stereocenters. The lowest BCUT2D eigenvalue weighted by Crippen LogP contribution is -2.44. The minimum absolute atomic E-state index is 0.0224. The molecule has 5 heteroatoms. The fourth-order valence-electron chi connectivity index (χ4n) is 3.39. The van der Waals surface area contributed by atoms with Crippen LogP contribution in [0.3, 0.4) is 0 Å². The summed E-state index contributed by atoms with van der Waals surface area (Å²) in [6.07, 6.45) is 5.67. The minimum atomic E-state index is -0.251. The summed E-state index contributed by atoms with van der Waals surface area (Å²) in [5.74, 6) is 0.552. The molecule has 120 valence electrons. The predicted octanol–water partition coefficient (Wildman–Crippen LogP) is 1.30. The number of carbonyl (C=O) groups excluding carboxylic acids is 2. The summed E-state index contributed by atoms with van der Waals surface area (Å²) < 4.78 is 0. The zero-order valence-electron chi connectivity index (χ0n) is 13.0. The third kappa shape index (κ3) is 4.43. The topological polar surface area (TPSA) is 69.6 Å². The third-order valence-corrected chi connectivity index (χ3v) is 4.84. The van der Waals surface area contributed by atoms with Gasteiger partial charge in [0.2, 0.25) is 11.8 Å². The van der Waals surface area contributed by atoms with Gasteiger partial charge in [0.05, 0.1) is 6.10 Å². The smallest absolute Gasteiger partial charge is 0.223 e. The van der Waals surface area contributed by atoms with E-state index in [4.69, 9.17) is 0 Å². The number of aliphatic hydroxyl groups is 1. The first-order valence-electron chi connectivity index (χ1n) is 8.35. The number of hydrogen-bond donors (Lipinski definition) is 2. The lowest BCUT2D eigenvalue weighted by Gasteiger charge is -2.31. The van der Waals surface area contributed by atoms with Gasteiger partial charge in [0.15, 0.2) is 0 Å². The fraction of sp³-hybridized carbons (Fsp3) is 0.875. The van der Waals surface area contributed by atoms with Gasteiger partial charge in [-0.05, 0) is 32.1 Å². The summed E-state index contributed by atoms with van der Waals surface area (Å²) in [6, 6.07) is 0. The number of hydrogen-bond acceptors (Lipinski definition) is 3. The number of nitrogens with zero attached hydrogens (tertiary/aromatic N) is 1. The summed E-state index contributed by atoms with van der Waals surface area (Å²) in [7, 11) is 0. The first-order valence-corrected chi connectivity index (χ1v) is 8.35. The number of rotatable bonds is 5. The minimum Gasteiger partial charge on any atom is -0.393 e. The maximum absolute atomic E-state index is 12.2. The quantitative estimate of drug-likeness (QED) is 0.803. The molecule has 2 fully saturated rings. The second-order valence-electron chi connectivity index (χ2n) is 6.41. The van der Waals surface area contributed by atoms with E-state index in [1.165, 1.54) is 0 Å². The van der Waals surface area contributed by atoms with Crippen molar-refractivity contribution >= 4 is 11.8 Å². The zero-order valence-corrected chi connectivity index (χ0v) is 13.0. The average Bonchev–Trinajstić information content (AvgIpc) is 2.90. The van der Waals surface area contributed by atoms with E-state index in [9.17, 15) is 14.7 Å². The standard InChI is InChI=1S/C16H28N2O3/c1-2-4-15(20)18-9-7-12(8-10-18)16(21)17-11-13-5-3-6-14(13)19/h12-14,19H,2-11H2,1H3,(H,17,21). The molecule has 2 N–H and O–H groups in total. The van der Waals surface area contributed by atoms with E-state index >= 15 is 0 Å². The van der Waals surface area contributed by atoms with Crippen molar-refractivity contribution < 1.29 is 14.7 Å². The maximum Gasteiger partial charge on any atom is 0.223 e. The van der Waals surface area contributed by atoms with Gasteiger partial charge < -0.3 is 15.3 Å². The van der Waals surface area contributed by atoms with Crippen LogP contribution in [0.4, 0.5) is 0 Å². The van der Waals surface area contributed by atoms with Crippen LogP contribution in [0.2, 0.25) is 0 Å². The molecule has 2 aliphatic rings.